The molecular weight excluding hydrogens is 292 g/mol. The molecule has 1 fully saturated rings. The van der Waals surface area contributed by atoms with Gasteiger partial charge in [-0.05, 0) is 43.9 Å². The van der Waals surface area contributed by atoms with Crippen molar-refractivity contribution in [2.45, 2.75) is 37.1 Å². The van der Waals surface area contributed by atoms with E-state index in [9.17, 15) is 13.2 Å². The molecule has 0 aromatic heterocycles. The van der Waals surface area contributed by atoms with Gasteiger partial charge in [0, 0.05) is 6.04 Å². The molecule has 1 aromatic rings. The topological polar surface area (TPSA) is 98.5 Å². The summed E-state index contributed by atoms with van der Waals surface area (Å²) in [5, 5.41) is 7.99. The zero-order valence-electron chi connectivity index (χ0n) is 12.1. The molecule has 1 aromatic carbocycles. The van der Waals surface area contributed by atoms with Crippen molar-refractivity contribution in [1.29, 1.82) is 0 Å². The molecule has 1 atom stereocenters. The largest absolute Gasteiger partial charge is 0.496 e. The lowest BCUT2D eigenvalue weighted by Crippen LogP contribution is -2.40. The number of carbonyl (C=O) groups is 1. The van der Waals surface area contributed by atoms with Gasteiger partial charge in [-0.1, -0.05) is 6.42 Å². The lowest BCUT2D eigenvalue weighted by Gasteiger charge is -2.32. The van der Waals surface area contributed by atoms with E-state index in [0.29, 0.717) is 11.7 Å². The SMILES string of the molecule is COc1ccc(S(N)(=O)=O)cc1C(=O)NC(C)C1CCC1. The van der Waals surface area contributed by atoms with Gasteiger partial charge in [0.05, 0.1) is 17.6 Å². The first-order valence-corrected chi connectivity index (χ1v) is 8.39. The van der Waals surface area contributed by atoms with E-state index in [1.54, 1.807) is 0 Å². The molecule has 1 unspecified atom stereocenters. The number of carbonyl (C=O) groups excluding carboxylic acids is 1. The second-order valence-corrected chi connectivity index (χ2v) is 6.92. The van der Waals surface area contributed by atoms with Crippen LogP contribution in [0.1, 0.15) is 36.5 Å². The van der Waals surface area contributed by atoms with Crippen LogP contribution in [0.15, 0.2) is 23.1 Å². The minimum Gasteiger partial charge on any atom is -0.496 e. The van der Waals surface area contributed by atoms with E-state index >= 15 is 0 Å². The maximum absolute atomic E-state index is 12.3. The first-order valence-electron chi connectivity index (χ1n) is 6.84. The predicted molar refractivity (Wildman–Crippen MR) is 78.6 cm³/mol. The number of hydrogen-bond donors (Lipinski definition) is 2. The smallest absolute Gasteiger partial charge is 0.255 e. The van der Waals surface area contributed by atoms with Gasteiger partial charge in [0.2, 0.25) is 10.0 Å². The highest BCUT2D eigenvalue weighted by atomic mass is 32.2. The van der Waals surface area contributed by atoms with E-state index < -0.39 is 10.0 Å². The molecule has 116 valence electrons. The molecule has 2 rings (SSSR count). The summed E-state index contributed by atoms with van der Waals surface area (Å²) in [4.78, 5) is 12.2. The number of hydrogen-bond acceptors (Lipinski definition) is 4. The Morgan fingerprint density at radius 3 is 2.57 bits per heavy atom. The van der Waals surface area contributed by atoms with Crippen molar-refractivity contribution in [3.8, 4) is 5.75 Å². The summed E-state index contributed by atoms with van der Waals surface area (Å²) < 4.78 is 27.9. The Bertz CT molecular complexity index is 638. The Morgan fingerprint density at radius 2 is 2.10 bits per heavy atom. The summed E-state index contributed by atoms with van der Waals surface area (Å²) in [7, 11) is -2.43. The summed E-state index contributed by atoms with van der Waals surface area (Å²) in [6, 6.07) is 4.05. The molecule has 6 nitrogen and oxygen atoms in total. The van der Waals surface area contributed by atoms with E-state index in [2.05, 4.69) is 5.32 Å². The molecule has 1 aliphatic rings. The standard InChI is InChI=1S/C14H20N2O4S/c1-9(10-4-3-5-10)16-14(17)12-8-11(21(15,18)19)6-7-13(12)20-2/h6-10H,3-5H2,1-2H3,(H,16,17)(H2,15,18,19). The van der Waals surface area contributed by atoms with Crippen LogP contribution in [0.5, 0.6) is 5.75 Å². The average molecular weight is 312 g/mol. The Morgan fingerprint density at radius 1 is 1.43 bits per heavy atom. The zero-order valence-corrected chi connectivity index (χ0v) is 12.9. The van der Waals surface area contributed by atoms with Crippen molar-refractivity contribution in [3.05, 3.63) is 23.8 Å². The molecule has 1 aliphatic carbocycles. The summed E-state index contributed by atoms with van der Waals surface area (Å²) >= 11 is 0. The normalized spacial score (nSPS) is 16.9. The average Bonchev–Trinajstić information content (AvgIpc) is 2.34. The monoisotopic (exact) mass is 312 g/mol. The van der Waals surface area contributed by atoms with E-state index in [-0.39, 0.29) is 22.4 Å². The summed E-state index contributed by atoms with van der Waals surface area (Å²) in [6.45, 7) is 1.96. The van der Waals surface area contributed by atoms with Gasteiger partial charge in [-0.3, -0.25) is 4.79 Å². The van der Waals surface area contributed by atoms with Crippen molar-refractivity contribution < 1.29 is 17.9 Å². The van der Waals surface area contributed by atoms with Gasteiger partial charge in [0.1, 0.15) is 5.75 Å². The maximum atomic E-state index is 12.3. The van der Waals surface area contributed by atoms with E-state index in [0.717, 1.165) is 12.8 Å². The Balaban J connectivity index is 2.25. The lowest BCUT2D eigenvalue weighted by atomic mass is 9.80. The highest BCUT2D eigenvalue weighted by molar-refractivity contribution is 7.89. The van der Waals surface area contributed by atoms with Gasteiger partial charge in [0.15, 0.2) is 0 Å². The van der Waals surface area contributed by atoms with E-state index in [1.807, 2.05) is 6.92 Å². The van der Waals surface area contributed by atoms with Crippen LogP contribution in [0, 0.1) is 5.92 Å². The van der Waals surface area contributed by atoms with Gasteiger partial charge in [-0.25, -0.2) is 13.6 Å². The van der Waals surface area contributed by atoms with Crippen molar-refractivity contribution in [1.82, 2.24) is 5.32 Å². The summed E-state index contributed by atoms with van der Waals surface area (Å²) in [5.41, 5.74) is 0.176. The molecule has 0 saturated heterocycles. The maximum Gasteiger partial charge on any atom is 0.255 e. The molecule has 0 spiro atoms. The van der Waals surface area contributed by atoms with Crippen molar-refractivity contribution in [3.63, 3.8) is 0 Å². The highest BCUT2D eigenvalue weighted by Gasteiger charge is 2.26. The number of nitrogens with two attached hydrogens (primary N) is 1. The number of amides is 1. The molecule has 0 bridgehead atoms. The van der Waals surface area contributed by atoms with E-state index in [4.69, 9.17) is 9.88 Å². The van der Waals surface area contributed by atoms with Crippen LogP contribution in [0.2, 0.25) is 0 Å². The number of primary sulfonamides is 1. The number of ether oxygens (including phenoxy) is 1. The zero-order chi connectivity index (χ0) is 15.6. The van der Waals surface area contributed by atoms with Crippen LogP contribution in [0.3, 0.4) is 0 Å². The van der Waals surface area contributed by atoms with Crippen LogP contribution in [0.4, 0.5) is 0 Å². The molecule has 1 amide bonds. The minimum absolute atomic E-state index is 0.0501. The molecule has 7 heteroatoms. The van der Waals surface area contributed by atoms with E-state index in [1.165, 1.54) is 31.7 Å². The third kappa shape index (κ3) is 3.54. The van der Waals surface area contributed by atoms with Crippen LogP contribution in [0.25, 0.3) is 0 Å². The van der Waals surface area contributed by atoms with Crippen molar-refractivity contribution in [2.75, 3.05) is 7.11 Å². The molecule has 3 N–H and O–H groups in total. The van der Waals surface area contributed by atoms with Gasteiger partial charge in [-0.15, -0.1) is 0 Å². The molecule has 1 saturated carbocycles. The number of sulfonamides is 1. The highest BCUT2D eigenvalue weighted by Crippen LogP contribution is 2.30. The van der Waals surface area contributed by atoms with Crippen LogP contribution in [-0.2, 0) is 10.0 Å². The van der Waals surface area contributed by atoms with Crippen LogP contribution < -0.4 is 15.2 Å². The number of methoxy groups -OCH3 is 1. The second-order valence-electron chi connectivity index (χ2n) is 5.36. The molecule has 0 heterocycles. The lowest BCUT2D eigenvalue weighted by molar-refractivity contribution is 0.0906. The Hall–Kier alpha value is -1.60. The number of benzene rings is 1. The van der Waals surface area contributed by atoms with Gasteiger partial charge >= 0.3 is 0 Å². The van der Waals surface area contributed by atoms with Crippen molar-refractivity contribution >= 4 is 15.9 Å². The van der Waals surface area contributed by atoms with Gasteiger partial charge < -0.3 is 10.1 Å². The predicted octanol–water partition coefficient (Wildman–Crippen LogP) is 1.26. The third-order valence-electron chi connectivity index (χ3n) is 3.96. The Labute approximate surface area is 124 Å². The quantitative estimate of drug-likeness (QED) is 0.855. The fraction of sp³-hybridized carbons (Fsp3) is 0.500. The molecule has 0 aliphatic heterocycles. The van der Waals surface area contributed by atoms with Crippen molar-refractivity contribution in [2.24, 2.45) is 11.1 Å². The summed E-state index contributed by atoms with van der Waals surface area (Å²) in [6.07, 6.45) is 3.40. The van der Waals surface area contributed by atoms with Crippen LogP contribution in [-0.4, -0.2) is 27.5 Å². The Kier molecular flexibility index (Phi) is 4.53. The van der Waals surface area contributed by atoms with Gasteiger partial charge in [-0.2, -0.15) is 0 Å². The minimum atomic E-state index is -3.86. The van der Waals surface area contributed by atoms with Crippen LogP contribution >= 0.6 is 0 Å². The number of nitrogens with one attached hydrogen (secondary N) is 1. The molecule has 21 heavy (non-hydrogen) atoms. The number of rotatable bonds is 5. The fourth-order valence-electron chi connectivity index (χ4n) is 2.38. The molecular formula is C14H20N2O4S. The molecule has 0 radical (unpaired) electrons. The fourth-order valence-corrected chi connectivity index (χ4v) is 2.92. The van der Waals surface area contributed by atoms with Gasteiger partial charge in [0.25, 0.3) is 5.91 Å². The summed E-state index contributed by atoms with van der Waals surface area (Å²) in [5.74, 6) is 0.457. The third-order valence-corrected chi connectivity index (χ3v) is 4.87. The first kappa shape index (κ1) is 15.8. The second kappa shape index (κ2) is 6.03. The first-order chi connectivity index (χ1) is 9.82.